The van der Waals surface area contributed by atoms with Gasteiger partial charge >= 0.3 is 0 Å². The minimum absolute atomic E-state index is 0.156. The van der Waals surface area contributed by atoms with E-state index in [-0.39, 0.29) is 23.6 Å². The Morgan fingerprint density at radius 1 is 1.10 bits per heavy atom. The summed E-state index contributed by atoms with van der Waals surface area (Å²) in [5, 5.41) is 9.78. The smallest absolute Gasteiger partial charge is 0.281 e. The first-order valence-corrected chi connectivity index (χ1v) is 12.6. The number of nitriles is 1. The Bertz CT molecular complexity index is 921. The van der Waals surface area contributed by atoms with Crippen LogP contribution in [0.1, 0.15) is 63.1 Å². The maximum Gasteiger partial charge on any atom is 0.296 e. The second-order valence-corrected chi connectivity index (χ2v) is 9.18. The van der Waals surface area contributed by atoms with Gasteiger partial charge in [-0.05, 0) is 50.3 Å². The highest BCUT2D eigenvalue weighted by molar-refractivity contribution is 7.86. The van der Waals surface area contributed by atoms with Crippen LogP contribution in [0.2, 0.25) is 0 Å². The molecule has 0 bridgehead atoms. The fourth-order valence-corrected chi connectivity index (χ4v) is 4.85. The minimum atomic E-state index is -3.72. The van der Waals surface area contributed by atoms with Crippen molar-refractivity contribution in [3.8, 4) is 6.07 Å². The van der Waals surface area contributed by atoms with Gasteiger partial charge in [-0.2, -0.15) is 13.7 Å². The number of piperidine rings is 1. The Morgan fingerprint density at radius 2 is 1.77 bits per heavy atom. The van der Waals surface area contributed by atoms with Crippen molar-refractivity contribution in [3.05, 3.63) is 65.7 Å². The number of hydrogen-bond acceptors (Lipinski definition) is 5. The van der Waals surface area contributed by atoms with Crippen molar-refractivity contribution < 1.29 is 12.6 Å². The zero-order valence-corrected chi connectivity index (χ0v) is 19.6. The summed E-state index contributed by atoms with van der Waals surface area (Å²) in [6, 6.07) is 19.0. The summed E-state index contributed by atoms with van der Waals surface area (Å²) in [6.45, 7) is 6.96. The molecule has 2 unspecified atom stereocenters. The summed E-state index contributed by atoms with van der Waals surface area (Å²) in [5.74, 6) is 0. The van der Waals surface area contributed by atoms with Crippen LogP contribution in [0.25, 0.3) is 0 Å². The van der Waals surface area contributed by atoms with Crippen molar-refractivity contribution in [1.29, 1.82) is 5.26 Å². The van der Waals surface area contributed by atoms with E-state index in [1.54, 1.807) is 24.3 Å². The first-order chi connectivity index (χ1) is 15.0. The lowest BCUT2D eigenvalue weighted by molar-refractivity contribution is 0.108. The van der Waals surface area contributed by atoms with E-state index in [1.807, 2.05) is 51.1 Å². The van der Waals surface area contributed by atoms with Gasteiger partial charge in [0, 0.05) is 12.6 Å². The third-order valence-corrected chi connectivity index (χ3v) is 6.80. The Kier molecular flexibility index (Phi) is 10.2. The van der Waals surface area contributed by atoms with Crippen molar-refractivity contribution in [2.24, 2.45) is 0 Å². The summed E-state index contributed by atoms with van der Waals surface area (Å²) in [5.41, 5.74) is 2.02. The molecule has 1 fully saturated rings. The molecule has 5 nitrogen and oxygen atoms in total. The molecule has 0 aromatic heterocycles. The van der Waals surface area contributed by atoms with Crippen molar-refractivity contribution >= 4 is 10.1 Å². The highest BCUT2D eigenvalue weighted by Crippen LogP contribution is 2.30. The molecule has 3 rings (SSSR count). The van der Waals surface area contributed by atoms with Crippen LogP contribution in [-0.2, 0) is 14.3 Å². The summed E-state index contributed by atoms with van der Waals surface area (Å²) in [7, 11) is -3.72. The highest BCUT2D eigenvalue weighted by atomic mass is 32.2. The summed E-state index contributed by atoms with van der Waals surface area (Å²) in [4.78, 5) is 2.46. The molecule has 0 N–H and O–H groups in total. The average molecular weight is 443 g/mol. The number of rotatable bonds is 8. The van der Waals surface area contributed by atoms with E-state index in [0.29, 0.717) is 6.42 Å². The van der Waals surface area contributed by atoms with Crippen LogP contribution >= 0.6 is 0 Å². The molecular weight excluding hydrogens is 408 g/mol. The van der Waals surface area contributed by atoms with Gasteiger partial charge in [0.15, 0.2) is 0 Å². The molecule has 0 amide bonds. The van der Waals surface area contributed by atoms with Crippen molar-refractivity contribution in [2.75, 3.05) is 13.2 Å². The van der Waals surface area contributed by atoms with Crippen LogP contribution in [-0.4, -0.2) is 32.5 Å². The summed E-state index contributed by atoms with van der Waals surface area (Å²) in [6.07, 6.45) is 4.69. The van der Waals surface area contributed by atoms with Gasteiger partial charge in [0.2, 0.25) is 0 Å². The maximum absolute atomic E-state index is 12.3. The summed E-state index contributed by atoms with van der Waals surface area (Å²) < 4.78 is 29.9. The second kappa shape index (κ2) is 12.6. The van der Waals surface area contributed by atoms with Gasteiger partial charge < -0.3 is 0 Å². The molecule has 2 aromatic carbocycles. The Morgan fingerprint density at radius 3 is 2.42 bits per heavy atom. The van der Waals surface area contributed by atoms with Crippen LogP contribution < -0.4 is 0 Å². The molecule has 0 spiro atoms. The molecule has 31 heavy (non-hydrogen) atoms. The predicted molar refractivity (Wildman–Crippen MR) is 124 cm³/mol. The zero-order chi connectivity index (χ0) is 22.7. The zero-order valence-electron chi connectivity index (χ0n) is 18.8. The number of likely N-dealkylation sites (tertiary alicyclic amines) is 1. The van der Waals surface area contributed by atoms with Crippen molar-refractivity contribution in [1.82, 2.24) is 4.90 Å². The van der Waals surface area contributed by atoms with Gasteiger partial charge in [0.05, 0.1) is 17.6 Å². The van der Waals surface area contributed by atoms with E-state index in [4.69, 9.17) is 4.18 Å². The number of hydrogen-bond donors (Lipinski definition) is 0. The fraction of sp³-hybridized carbons (Fsp3) is 0.480. The van der Waals surface area contributed by atoms with E-state index in [9.17, 15) is 13.7 Å². The molecule has 1 heterocycles. The van der Waals surface area contributed by atoms with Gasteiger partial charge in [-0.1, -0.05) is 68.3 Å². The van der Waals surface area contributed by atoms with E-state index in [1.165, 1.54) is 0 Å². The normalized spacial score (nSPS) is 17.8. The largest absolute Gasteiger partial charge is 0.296 e. The van der Waals surface area contributed by atoms with Crippen LogP contribution in [0.5, 0.6) is 0 Å². The van der Waals surface area contributed by atoms with E-state index in [2.05, 4.69) is 11.0 Å². The first kappa shape index (κ1) is 25.1. The molecular formula is C25H34N2O3S. The van der Waals surface area contributed by atoms with E-state index >= 15 is 0 Å². The molecule has 2 aromatic rings. The molecule has 2 atom stereocenters. The lowest BCUT2D eigenvalue weighted by Gasteiger charge is -2.38. The Labute approximate surface area is 187 Å². The summed E-state index contributed by atoms with van der Waals surface area (Å²) >= 11 is 0. The van der Waals surface area contributed by atoms with Crippen LogP contribution in [0.4, 0.5) is 0 Å². The molecule has 0 radical (unpaired) electrons. The molecule has 1 aliphatic heterocycles. The topological polar surface area (TPSA) is 70.4 Å². The Balaban J connectivity index is 0.00000166. The highest BCUT2D eigenvalue weighted by Gasteiger charge is 2.29. The number of aryl methyl sites for hydroxylation is 1. The van der Waals surface area contributed by atoms with Gasteiger partial charge in [0.25, 0.3) is 10.1 Å². The SMILES string of the molecule is CC.Cc1ccc(S(=O)(=O)OCCCC2CCCCN2C(C#N)c2ccccc2)cc1. The first-order valence-electron chi connectivity index (χ1n) is 11.2. The van der Waals surface area contributed by atoms with E-state index in [0.717, 1.165) is 43.4 Å². The number of benzene rings is 2. The average Bonchev–Trinajstić information content (AvgIpc) is 2.80. The van der Waals surface area contributed by atoms with Gasteiger partial charge in [-0.3, -0.25) is 9.08 Å². The number of nitrogens with zero attached hydrogens (tertiary/aromatic N) is 2. The predicted octanol–water partition coefficient (Wildman–Crippen LogP) is 5.63. The molecule has 0 saturated carbocycles. The third-order valence-electron chi connectivity index (χ3n) is 5.47. The van der Waals surface area contributed by atoms with Crippen LogP contribution in [0, 0.1) is 18.3 Å². The van der Waals surface area contributed by atoms with Crippen LogP contribution in [0.3, 0.4) is 0 Å². The van der Waals surface area contributed by atoms with Gasteiger partial charge in [-0.25, -0.2) is 0 Å². The maximum atomic E-state index is 12.3. The molecule has 168 valence electrons. The molecule has 6 heteroatoms. The van der Waals surface area contributed by atoms with Crippen LogP contribution in [0.15, 0.2) is 59.5 Å². The molecule has 0 aliphatic carbocycles. The fourth-order valence-electron chi connectivity index (χ4n) is 3.91. The lowest BCUT2D eigenvalue weighted by atomic mass is 9.94. The second-order valence-electron chi connectivity index (χ2n) is 7.56. The van der Waals surface area contributed by atoms with Crippen molar-refractivity contribution in [2.45, 2.75) is 69.9 Å². The molecule has 1 aliphatic rings. The standard InChI is InChI=1S/C23H28N2O3S.C2H6/c1-19-12-14-22(15-13-19)29(26,27)28-17-7-11-21-10-5-6-16-25(21)23(18-24)20-8-3-2-4-9-20;1-2/h2-4,8-9,12-15,21,23H,5-7,10-11,16-17H2,1H3;1-2H3. The van der Waals surface area contributed by atoms with Gasteiger partial charge in [0.1, 0.15) is 6.04 Å². The quantitative estimate of drug-likeness (QED) is 0.392. The van der Waals surface area contributed by atoms with Crippen molar-refractivity contribution in [3.63, 3.8) is 0 Å². The van der Waals surface area contributed by atoms with Gasteiger partial charge in [-0.15, -0.1) is 0 Å². The lowest BCUT2D eigenvalue weighted by Crippen LogP contribution is -2.41. The third kappa shape index (κ3) is 7.17. The Hall–Kier alpha value is -2.20. The monoisotopic (exact) mass is 442 g/mol. The minimum Gasteiger partial charge on any atom is -0.281 e. The molecule has 1 saturated heterocycles. The van der Waals surface area contributed by atoms with E-state index < -0.39 is 10.1 Å².